The molecule has 0 aromatic rings. The van der Waals surface area contributed by atoms with Crippen molar-refractivity contribution in [1.82, 2.24) is 9.80 Å². The van der Waals surface area contributed by atoms with E-state index in [1.54, 1.807) is 0 Å². The van der Waals surface area contributed by atoms with E-state index in [4.69, 9.17) is 0 Å². The van der Waals surface area contributed by atoms with Gasteiger partial charge in [-0.1, -0.05) is 6.58 Å². The highest BCUT2D eigenvalue weighted by atomic mass is 15.2. The summed E-state index contributed by atoms with van der Waals surface area (Å²) in [7, 11) is 2.16. The highest BCUT2D eigenvalue weighted by Crippen LogP contribution is 2.04. The molecule has 1 saturated heterocycles. The maximum atomic E-state index is 3.91. The van der Waals surface area contributed by atoms with Crippen LogP contribution >= 0.6 is 0 Å². The molecule has 2 nitrogen and oxygen atoms in total. The summed E-state index contributed by atoms with van der Waals surface area (Å²) >= 11 is 0. The van der Waals surface area contributed by atoms with E-state index in [0.29, 0.717) is 0 Å². The minimum atomic E-state index is 1.14. The van der Waals surface area contributed by atoms with Crippen molar-refractivity contribution in [3.63, 3.8) is 0 Å². The van der Waals surface area contributed by atoms with E-state index in [1.807, 2.05) is 0 Å². The number of hydrogen-bond acceptors (Lipinski definition) is 2. The van der Waals surface area contributed by atoms with Crippen LogP contribution in [0.2, 0.25) is 0 Å². The third-order valence-corrected chi connectivity index (χ3v) is 2.04. The molecule has 0 N–H and O–H groups in total. The van der Waals surface area contributed by atoms with E-state index in [-0.39, 0.29) is 0 Å². The number of nitrogens with zero attached hydrogens (tertiary/aromatic N) is 2. The highest BCUT2D eigenvalue weighted by molar-refractivity contribution is 4.90. The van der Waals surface area contributed by atoms with Gasteiger partial charge in [-0.05, 0) is 14.0 Å². The van der Waals surface area contributed by atoms with Gasteiger partial charge < -0.3 is 9.80 Å². The molecule has 0 atom stereocenters. The second-order valence-corrected chi connectivity index (χ2v) is 3.03. The topological polar surface area (TPSA) is 6.48 Å². The summed E-state index contributed by atoms with van der Waals surface area (Å²) in [5, 5.41) is 0. The average molecular weight is 140 g/mol. The first-order chi connectivity index (χ1) is 4.70. The lowest BCUT2D eigenvalue weighted by Gasteiger charge is -2.33. The average Bonchev–Trinajstić information content (AvgIpc) is 1.88. The zero-order valence-electron chi connectivity index (χ0n) is 6.93. The van der Waals surface area contributed by atoms with Crippen LogP contribution in [-0.4, -0.2) is 43.0 Å². The van der Waals surface area contributed by atoms with Gasteiger partial charge in [0.05, 0.1) is 0 Å². The second-order valence-electron chi connectivity index (χ2n) is 3.03. The van der Waals surface area contributed by atoms with E-state index in [0.717, 1.165) is 13.1 Å². The van der Waals surface area contributed by atoms with Gasteiger partial charge in [-0.3, -0.25) is 0 Å². The molecule has 0 bridgehead atoms. The predicted molar refractivity (Wildman–Crippen MR) is 43.9 cm³/mol. The Bertz CT molecular complexity index is 123. The molecule has 1 heterocycles. The maximum absolute atomic E-state index is 3.91. The van der Waals surface area contributed by atoms with Gasteiger partial charge in [0, 0.05) is 31.9 Å². The minimum absolute atomic E-state index is 1.14. The van der Waals surface area contributed by atoms with Crippen molar-refractivity contribution in [1.29, 1.82) is 0 Å². The van der Waals surface area contributed by atoms with Crippen LogP contribution in [0.25, 0.3) is 0 Å². The molecule has 1 rings (SSSR count). The summed E-state index contributed by atoms with van der Waals surface area (Å²) in [6.45, 7) is 10.6. The molecule has 0 spiro atoms. The van der Waals surface area contributed by atoms with Crippen molar-refractivity contribution >= 4 is 0 Å². The number of allylic oxidation sites excluding steroid dienone is 1. The first-order valence-electron chi connectivity index (χ1n) is 3.79. The van der Waals surface area contributed by atoms with Crippen molar-refractivity contribution in [2.24, 2.45) is 0 Å². The van der Waals surface area contributed by atoms with E-state index < -0.39 is 0 Å². The van der Waals surface area contributed by atoms with Crippen LogP contribution in [0, 0.1) is 0 Å². The Morgan fingerprint density at radius 3 is 2.10 bits per heavy atom. The van der Waals surface area contributed by atoms with Gasteiger partial charge in [0.2, 0.25) is 0 Å². The van der Waals surface area contributed by atoms with Crippen LogP contribution in [0.1, 0.15) is 6.92 Å². The smallest absolute Gasteiger partial charge is 0.0302 e. The molecule has 0 unspecified atom stereocenters. The maximum Gasteiger partial charge on any atom is 0.0302 e. The van der Waals surface area contributed by atoms with Crippen molar-refractivity contribution < 1.29 is 0 Å². The van der Waals surface area contributed by atoms with E-state index in [1.165, 1.54) is 18.8 Å². The molecule has 0 saturated carbocycles. The summed E-state index contributed by atoms with van der Waals surface area (Å²) in [6.07, 6.45) is 0. The molecule has 0 amide bonds. The van der Waals surface area contributed by atoms with Crippen LogP contribution in [0.5, 0.6) is 0 Å². The molecule has 1 fully saturated rings. The molecule has 2 heteroatoms. The Hall–Kier alpha value is -0.500. The van der Waals surface area contributed by atoms with Crippen molar-refractivity contribution in [3.05, 3.63) is 12.3 Å². The molecule has 0 radical (unpaired) electrons. The molecular formula is C8H16N2. The third kappa shape index (κ3) is 1.74. The van der Waals surface area contributed by atoms with Crippen LogP contribution in [0.3, 0.4) is 0 Å². The summed E-state index contributed by atoms with van der Waals surface area (Å²) in [6, 6.07) is 0. The van der Waals surface area contributed by atoms with Gasteiger partial charge in [-0.15, -0.1) is 0 Å². The minimum Gasteiger partial charge on any atom is -0.373 e. The van der Waals surface area contributed by atoms with Gasteiger partial charge in [0.1, 0.15) is 0 Å². The normalized spacial score (nSPS) is 21.2. The van der Waals surface area contributed by atoms with E-state index in [9.17, 15) is 0 Å². The third-order valence-electron chi connectivity index (χ3n) is 2.04. The summed E-state index contributed by atoms with van der Waals surface area (Å²) in [5.74, 6) is 0. The fraction of sp³-hybridized carbons (Fsp3) is 0.750. The lowest BCUT2D eigenvalue weighted by molar-refractivity contribution is 0.187. The van der Waals surface area contributed by atoms with Gasteiger partial charge >= 0.3 is 0 Å². The highest BCUT2D eigenvalue weighted by Gasteiger charge is 2.11. The Morgan fingerprint density at radius 2 is 1.70 bits per heavy atom. The quantitative estimate of drug-likeness (QED) is 0.531. The Balaban J connectivity index is 2.33. The molecule has 0 aliphatic carbocycles. The first kappa shape index (κ1) is 7.61. The molecule has 58 valence electrons. The SMILES string of the molecule is C=C(C)N1CCN(C)CC1. The van der Waals surface area contributed by atoms with Gasteiger partial charge in [-0.2, -0.15) is 0 Å². The van der Waals surface area contributed by atoms with Gasteiger partial charge in [0.25, 0.3) is 0 Å². The van der Waals surface area contributed by atoms with Crippen LogP contribution in [-0.2, 0) is 0 Å². The Morgan fingerprint density at radius 1 is 1.20 bits per heavy atom. The van der Waals surface area contributed by atoms with Crippen LogP contribution in [0.15, 0.2) is 12.3 Å². The molecular weight excluding hydrogens is 124 g/mol. The van der Waals surface area contributed by atoms with Crippen molar-refractivity contribution in [2.45, 2.75) is 6.92 Å². The zero-order chi connectivity index (χ0) is 7.56. The summed E-state index contributed by atoms with van der Waals surface area (Å²) < 4.78 is 0. The zero-order valence-corrected chi connectivity index (χ0v) is 6.93. The van der Waals surface area contributed by atoms with Gasteiger partial charge in [0.15, 0.2) is 0 Å². The summed E-state index contributed by atoms with van der Waals surface area (Å²) in [4.78, 5) is 4.68. The molecule has 0 aromatic heterocycles. The van der Waals surface area contributed by atoms with E-state index >= 15 is 0 Å². The largest absolute Gasteiger partial charge is 0.373 e. The predicted octanol–water partition coefficient (Wildman–Crippen LogP) is 0.767. The fourth-order valence-corrected chi connectivity index (χ4v) is 1.19. The van der Waals surface area contributed by atoms with Gasteiger partial charge in [-0.25, -0.2) is 0 Å². The van der Waals surface area contributed by atoms with Crippen molar-refractivity contribution in [2.75, 3.05) is 33.2 Å². The molecule has 10 heavy (non-hydrogen) atoms. The Kier molecular flexibility index (Phi) is 2.33. The lowest BCUT2D eigenvalue weighted by atomic mass is 10.3. The Labute approximate surface area is 63.1 Å². The van der Waals surface area contributed by atoms with E-state index in [2.05, 4.69) is 30.4 Å². The number of rotatable bonds is 1. The lowest BCUT2D eigenvalue weighted by Crippen LogP contribution is -2.43. The monoisotopic (exact) mass is 140 g/mol. The first-order valence-corrected chi connectivity index (χ1v) is 3.79. The summed E-state index contributed by atoms with van der Waals surface area (Å²) in [5.41, 5.74) is 1.20. The molecule has 1 aliphatic heterocycles. The van der Waals surface area contributed by atoms with Crippen LogP contribution in [0.4, 0.5) is 0 Å². The van der Waals surface area contributed by atoms with Crippen LogP contribution < -0.4 is 0 Å². The number of piperazine rings is 1. The number of likely N-dealkylation sites (N-methyl/N-ethyl adjacent to an activating group) is 1. The fourth-order valence-electron chi connectivity index (χ4n) is 1.19. The second kappa shape index (κ2) is 3.06. The molecule has 0 aromatic carbocycles. The molecule has 1 aliphatic rings. The number of hydrogen-bond donors (Lipinski definition) is 0. The standard InChI is InChI=1S/C8H16N2/c1-8(2)10-6-4-9(3)5-7-10/h1,4-7H2,2-3H3. The van der Waals surface area contributed by atoms with Crippen molar-refractivity contribution in [3.8, 4) is 0 Å².